The molecule has 1 atom stereocenters. The number of rotatable bonds is 6. The number of piperazine rings is 1. The lowest BCUT2D eigenvalue weighted by Crippen LogP contribution is -2.51. The van der Waals surface area contributed by atoms with Crippen LogP contribution in [0.15, 0.2) is 42.7 Å². The summed E-state index contributed by atoms with van der Waals surface area (Å²) in [4.78, 5) is 16.8. The van der Waals surface area contributed by atoms with Gasteiger partial charge in [0, 0.05) is 38.9 Å². The van der Waals surface area contributed by atoms with Gasteiger partial charge in [-0.05, 0) is 19.1 Å². The number of amides is 1. The Bertz CT molecular complexity index is 683. The molecule has 1 aromatic heterocycles. The third-order valence-electron chi connectivity index (χ3n) is 4.43. The van der Waals surface area contributed by atoms with E-state index in [0.29, 0.717) is 11.6 Å². The third-order valence-corrected chi connectivity index (χ3v) is 4.62. The Morgan fingerprint density at radius 3 is 2.60 bits per heavy atom. The van der Waals surface area contributed by atoms with Gasteiger partial charge in [0.15, 0.2) is 0 Å². The zero-order valence-corrected chi connectivity index (χ0v) is 15.1. The highest BCUT2D eigenvalue weighted by molar-refractivity contribution is 6.30. The first-order chi connectivity index (χ1) is 12.1. The standard InChI is InChI=1S/C18H23ClN4O2/c1-15(23-14-16(19)13-20-23)18(24)22-9-7-21(8-10-22)11-12-25-17-5-3-2-4-6-17/h2-6,13-15H,7-12H2,1H3/t15-/m0/s1. The SMILES string of the molecule is C[C@@H](C(=O)N1CCN(CCOc2ccccc2)CC1)n1cc(Cl)cn1. The molecule has 25 heavy (non-hydrogen) atoms. The maximum atomic E-state index is 12.6. The maximum absolute atomic E-state index is 12.6. The van der Waals surface area contributed by atoms with E-state index in [9.17, 15) is 4.79 Å². The first-order valence-corrected chi connectivity index (χ1v) is 8.90. The van der Waals surface area contributed by atoms with Gasteiger partial charge in [-0.1, -0.05) is 29.8 Å². The first kappa shape index (κ1) is 17.8. The van der Waals surface area contributed by atoms with Crippen LogP contribution in [0, 0.1) is 0 Å². The van der Waals surface area contributed by atoms with Gasteiger partial charge in [0.1, 0.15) is 18.4 Å². The minimum atomic E-state index is -0.333. The van der Waals surface area contributed by atoms with E-state index in [-0.39, 0.29) is 11.9 Å². The van der Waals surface area contributed by atoms with E-state index < -0.39 is 0 Å². The summed E-state index contributed by atoms with van der Waals surface area (Å²) in [6.07, 6.45) is 3.23. The van der Waals surface area contributed by atoms with E-state index in [0.717, 1.165) is 38.5 Å². The number of ether oxygens (including phenoxy) is 1. The molecule has 1 amide bonds. The number of nitrogens with zero attached hydrogens (tertiary/aromatic N) is 4. The van der Waals surface area contributed by atoms with Crippen LogP contribution >= 0.6 is 11.6 Å². The van der Waals surface area contributed by atoms with Gasteiger partial charge in [0.2, 0.25) is 5.91 Å². The van der Waals surface area contributed by atoms with Crippen molar-refractivity contribution < 1.29 is 9.53 Å². The lowest BCUT2D eigenvalue weighted by molar-refractivity contribution is -0.136. The van der Waals surface area contributed by atoms with Crippen LogP contribution < -0.4 is 4.74 Å². The fourth-order valence-electron chi connectivity index (χ4n) is 2.91. The molecule has 2 aromatic rings. The molecule has 0 bridgehead atoms. The number of benzene rings is 1. The van der Waals surface area contributed by atoms with Gasteiger partial charge in [-0.25, -0.2) is 0 Å². The summed E-state index contributed by atoms with van der Waals surface area (Å²) in [5, 5.41) is 4.67. The van der Waals surface area contributed by atoms with Crippen LogP contribution in [0.3, 0.4) is 0 Å². The van der Waals surface area contributed by atoms with Gasteiger partial charge >= 0.3 is 0 Å². The van der Waals surface area contributed by atoms with Crippen LogP contribution in [-0.2, 0) is 4.79 Å². The second-order valence-corrected chi connectivity index (χ2v) is 6.58. The van der Waals surface area contributed by atoms with Crippen molar-refractivity contribution in [1.82, 2.24) is 19.6 Å². The van der Waals surface area contributed by atoms with Gasteiger partial charge in [-0.2, -0.15) is 5.10 Å². The summed E-state index contributed by atoms with van der Waals surface area (Å²) in [5.41, 5.74) is 0. The van der Waals surface area contributed by atoms with E-state index in [1.54, 1.807) is 17.1 Å². The Morgan fingerprint density at radius 1 is 1.24 bits per heavy atom. The monoisotopic (exact) mass is 362 g/mol. The van der Waals surface area contributed by atoms with E-state index in [1.807, 2.05) is 42.2 Å². The Balaban J connectivity index is 1.41. The molecule has 1 aliphatic rings. The highest BCUT2D eigenvalue weighted by Crippen LogP contribution is 2.15. The van der Waals surface area contributed by atoms with Crippen molar-refractivity contribution in [3.05, 3.63) is 47.7 Å². The minimum absolute atomic E-state index is 0.0833. The number of aromatic nitrogens is 2. The Labute approximate surface area is 152 Å². The van der Waals surface area contributed by atoms with Crippen molar-refractivity contribution in [3.63, 3.8) is 0 Å². The Hall–Kier alpha value is -2.05. The summed E-state index contributed by atoms with van der Waals surface area (Å²) < 4.78 is 7.35. The van der Waals surface area contributed by atoms with Crippen LogP contribution in [0.4, 0.5) is 0 Å². The van der Waals surface area contributed by atoms with Crippen LogP contribution in [-0.4, -0.2) is 64.8 Å². The maximum Gasteiger partial charge on any atom is 0.247 e. The van der Waals surface area contributed by atoms with Crippen molar-refractivity contribution in [3.8, 4) is 5.75 Å². The molecule has 1 fully saturated rings. The summed E-state index contributed by atoms with van der Waals surface area (Å²) in [6.45, 7) is 6.53. The van der Waals surface area contributed by atoms with Gasteiger partial charge in [0.05, 0.1) is 11.2 Å². The van der Waals surface area contributed by atoms with Crippen LogP contribution in [0.5, 0.6) is 5.75 Å². The summed E-state index contributed by atoms with van der Waals surface area (Å²) >= 11 is 5.88. The molecule has 1 saturated heterocycles. The van der Waals surface area contributed by atoms with Gasteiger partial charge in [0.25, 0.3) is 0 Å². The molecular formula is C18H23ClN4O2. The zero-order valence-electron chi connectivity index (χ0n) is 14.3. The Kier molecular flexibility index (Phi) is 5.94. The summed E-state index contributed by atoms with van der Waals surface area (Å²) in [5.74, 6) is 0.975. The fourth-order valence-corrected chi connectivity index (χ4v) is 3.05. The number of hydrogen-bond donors (Lipinski definition) is 0. The highest BCUT2D eigenvalue weighted by atomic mass is 35.5. The largest absolute Gasteiger partial charge is 0.492 e. The van der Waals surface area contributed by atoms with Gasteiger partial charge in [-0.15, -0.1) is 0 Å². The molecular weight excluding hydrogens is 340 g/mol. The molecule has 0 aliphatic carbocycles. The molecule has 0 N–H and O–H groups in total. The molecule has 7 heteroatoms. The number of hydrogen-bond acceptors (Lipinski definition) is 4. The van der Waals surface area contributed by atoms with E-state index in [1.165, 1.54) is 0 Å². The lowest BCUT2D eigenvalue weighted by atomic mass is 10.2. The van der Waals surface area contributed by atoms with Crippen molar-refractivity contribution in [1.29, 1.82) is 0 Å². The number of para-hydroxylation sites is 1. The molecule has 1 aliphatic heterocycles. The van der Waals surface area contributed by atoms with E-state index >= 15 is 0 Å². The summed E-state index contributed by atoms with van der Waals surface area (Å²) in [6, 6.07) is 9.49. The van der Waals surface area contributed by atoms with Crippen LogP contribution in [0.25, 0.3) is 0 Å². The number of carbonyl (C=O) groups excluding carboxylic acids is 1. The zero-order chi connectivity index (χ0) is 17.6. The molecule has 0 saturated carbocycles. The molecule has 0 spiro atoms. The molecule has 0 unspecified atom stereocenters. The molecule has 2 heterocycles. The molecule has 0 radical (unpaired) electrons. The fraction of sp³-hybridized carbons (Fsp3) is 0.444. The lowest BCUT2D eigenvalue weighted by Gasteiger charge is -2.35. The van der Waals surface area contributed by atoms with Crippen molar-refractivity contribution >= 4 is 17.5 Å². The molecule has 3 rings (SSSR count). The van der Waals surface area contributed by atoms with Gasteiger partial charge in [-0.3, -0.25) is 14.4 Å². The second-order valence-electron chi connectivity index (χ2n) is 6.14. The molecule has 1 aromatic carbocycles. The molecule has 134 valence electrons. The predicted molar refractivity (Wildman–Crippen MR) is 96.9 cm³/mol. The van der Waals surface area contributed by atoms with E-state index in [4.69, 9.17) is 16.3 Å². The van der Waals surface area contributed by atoms with Crippen LogP contribution in [0.1, 0.15) is 13.0 Å². The van der Waals surface area contributed by atoms with E-state index in [2.05, 4.69) is 10.00 Å². The highest BCUT2D eigenvalue weighted by Gasteiger charge is 2.26. The normalized spacial score (nSPS) is 16.6. The second kappa shape index (κ2) is 8.36. The quantitative estimate of drug-likeness (QED) is 0.791. The van der Waals surface area contributed by atoms with Gasteiger partial charge < -0.3 is 9.64 Å². The van der Waals surface area contributed by atoms with Crippen LogP contribution in [0.2, 0.25) is 5.02 Å². The summed E-state index contributed by atoms with van der Waals surface area (Å²) in [7, 11) is 0. The number of carbonyl (C=O) groups is 1. The predicted octanol–water partition coefficient (Wildman–Crippen LogP) is 2.32. The topological polar surface area (TPSA) is 50.6 Å². The average Bonchev–Trinajstić information content (AvgIpc) is 3.08. The minimum Gasteiger partial charge on any atom is -0.492 e. The molecule has 6 nitrogen and oxygen atoms in total. The van der Waals surface area contributed by atoms with Crippen molar-refractivity contribution in [2.24, 2.45) is 0 Å². The first-order valence-electron chi connectivity index (χ1n) is 8.52. The smallest absolute Gasteiger partial charge is 0.247 e. The Morgan fingerprint density at radius 2 is 1.96 bits per heavy atom. The average molecular weight is 363 g/mol. The van der Waals surface area contributed by atoms with Crippen molar-refractivity contribution in [2.45, 2.75) is 13.0 Å². The van der Waals surface area contributed by atoms with Crippen molar-refractivity contribution in [2.75, 3.05) is 39.3 Å². The third kappa shape index (κ3) is 4.74. The number of halogens is 1.